The van der Waals surface area contributed by atoms with Crippen LogP contribution in [0.5, 0.6) is 5.75 Å². The summed E-state index contributed by atoms with van der Waals surface area (Å²) in [6.45, 7) is 3.43. The third-order valence-electron chi connectivity index (χ3n) is 4.83. The van der Waals surface area contributed by atoms with Gasteiger partial charge in [0.1, 0.15) is 5.69 Å². The van der Waals surface area contributed by atoms with Gasteiger partial charge in [0.15, 0.2) is 11.6 Å². The molecule has 7 heteroatoms. The summed E-state index contributed by atoms with van der Waals surface area (Å²) in [4.78, 5) is 14.2. The molecule has 0 unspecified atom stereocenters. The molecule has 1 amide bonds. The number of aromatic nitrogens is 3. The van der Waals surface area contributed by atoms with E-state index in [2.05, 4.69) is 10.3 Å². The van der Waals surface area contributed by atoms with Crippen LogP contribution in [0.1, 0.15) is 18.5 Å². The molecule has 6 nitrogen and oxygen atoms in total. The van der Waals surface area contributed by atoms with Gasteiger partial charge in [-0.15, -0.1) is 5.10 Å². The van der Waals surface area contributed by atoms with Crippen LogP contribution in [-0.2, 0) is 11.2 Å². The summed E-state index contributed by atoms with van der Waals surface area (Å²) < 4.78 is 21.0. The number of halogens is 1. The van der Waals surface area contributed by atoms with E-state index >= 15 is 0 Å². The molecule has 1 aromatic heterocycles. The van der Waals surface area contributed by atoms with Crippen LogP contribution in [0.2, 0.25) is 0 Å². The minimum absolute atomic E-state index is 0.0912. The van der Waals surface area contributed by atoms with E-state index in [-0.39, 0.29) is 17.7 Å². The first-order valence-corrected chi connectivity index (χ1v) is 9.30. The molecular weight excluding hydrogens is 359 g/mol. The summed E-state index contributed by atoms with van der Waals surface area (Å²) >= 11 is 0. The van der Waals surface area contributed by atoms with Gasteiger partial charge in [-0.2, -0.15) is 0 Å². The third kappa shape index (κ3) is 3.74. The second kappa shape index (κ2) is 7.80. The summed E-state index contributed by atoms with van der Waals surface area (Å²) in [6.07, 6.45) is 2.19. The average Bonchev–Trinajstić information content (AvgIpc) is 3.13. The first kappa shape index (κ1) is 18.2. The summed E-state index contributed by atoms with van der Waals surface area (Å²) in [6, 6.07) is 14.6. The highest BCUT2D eigenvalue weighted by molar-refractivity contribution is 5.79. The summed E-state index contributed by atoms with van der Waals surface area (Å²) in [5.74, 6) is -0.0863. The Morgan fingerprint density at radius 1 is 1.21 bits per heavy atom. The van der Waals surface area contributed by atoms with Crippen molar-refractivity contribution in [2.45, 2.75) is 19.4 Å². The van der Waals surface area contributed by atoms with Crippen molar-refractivity contribution in [1.82, 2.24) is 19.9 Å². The zero-order valence-corrected chi connectivity index (χ0v) is 15.6. The van der Waals surface area contributed by atoms with Crippen LogP contribution in [0.3, 0.4) is 0 Å². The van der Waals surface area contributed by atoms with E-state index in [1.807, 2.05) is 42.2 Å². The Kier molecular flexibility index (Phi) is 5.06. The van der Waals surface area contributed by atoms with Crippen molar-refractivity contribution >= 4 is 5.91 Å². The van der Waals surface area contributed by atoms with E-state index in [4.69, 9.17) is 4.74 Å². The van der Waals surface area contributed by atoms with Gasteiger partial charge in [-0.3, -0.25) is 4.79 Å². The Morgan fingerprint density at radius 2 is 2.00 bits per heavy atom. The smallest absolute Gasteiger partial charge is 0.227 e. The van der Waals surface area contributed by atoms with Gasteiger partial charge in [0.25, 0.3) is 0 Å². The lowest BCUT2D eigenvalue weighted by atomic mass is 10.1. The topological polar surface area (TPSA) is 60.2 Å². The number of carbonyl (C=O) groups excluding carboxylic acids is 1. The molecule has 28 heavy (non-hydrogen) atoms. The van der Waals surface area contributed by atoms with Gasteiger partial charge in [0, 0.05) is 18.7 Å². The highest BCUT2D eigenvalue weighted by Gasteiger charge is 2.32. The molecule has 0 atom stereocenters. The Bertz CT molecular complexity index is 968. The fourth-order valence-corrected chi connectivity index (χ4v) is 3.23. The van der Waals surface area contributed by atoms with Gasteiger partial charge in [-0.05, 0) is 30.7 Å². The van der Waals surface area contributed by atoms with Crippen molar-refractivity contribution < 1.29 is 13.9 Å². The number of rotatable bonds is 6. The molecule has 2 aromatic carbocycles. The number of benzene rings is 2. The van der Waals surface area contributed by atoms with Crippen LogP contribution in [-0.4, -0.2) is 45.5 Å². The summed E-state index contributed by atoms with van der Waals surface area (Å²) in [5.41, 5.74) is 2.25. The molecule has 0 aliphatic carbocycles. The Labute approximate surface area is 162 Å². The van der Waals surface area contributed by atoms with Crippen molar-refractivity contribution in [2.24, 2.45) is 0 Å². The van der Waals surface area contributed by atoms with Crippen LogP contribution < -0.4 is 4.74 Å². The van der Waals surface area contributed by atoms with Crippen molar-refractivity contribution in [3.63, 3.8) is 0 Å². The van der Waals surface area contributed by atoms with Crippen LogP contribution in [0.15, 0.2) is 54.7 Å². The lowest BCUT2D eigenvalue weighted by molar-refractivity contribution is -0.136. The molecule has 144 valence electrons. The van der Waals surface area contributed by atoms with E-state index in [9.17, 15) is 9.18 Å². The molecule has 2 heterocycles. The number of ether oxygens (including phenoxy) is 1. The lowest BCUT2D eigenvalue weighted by Crippen LogP contribution is -2.51. The molecule has 4 rings (SSSR count). The zero-order valence-electron chi connectivity index (χ0n) is 15.6. The maximum atomic E-state index is 14.1. The minimum Gasteiger partial charge on any atom is -0.491 e. The van der Waals surface area contributed by atoms with Crippen LogP contribution >= 0.6 is 0 Å². The van der Waals surface area contributed by atoms with E-state index in [0.717, 1.165) is 5.56 Å². The highest BCUT2D eigenvalue weighted by atomic mass is 19.1. The third-order valence-corrected chi connectivity index (χ3v) is 4.83. The minimum atomic E-state index is -0.421. The van der Waals surface area contributed by atoms with Crippen molar-refractivity contribution in [2.75, 3.05) is 19.7 Å². The van der Waals surface area contributed by atoms with Gasteiger partial charge in [0.2, 0.25) is 5.91 Å². The van der Waals surface area contributed by atoms with Gasteiger partial charge in [-0.25, -0.2) is 9.07 Å². The fraction of sp³-hybridized carbons (Fsp3) is 0.286. The number of hydrogen-bond donors (Lipinski definition) is 0. The molecule has 0 spiro atoms. The molecular formula is C21H21FN4O2. The van der Waals surface area contributed by atoms with Crippen LogP contribution in [0.4, 0.5) is 4.39 Å². The van der Waals surface area contributed by atoms with E-state index in [1.165, 1.54) is 6.07 Å². The standard InChI is InChI=1S/C21H21FN4O2/c1-2-28-20-9-8-16(11-18(20)22)19-14-26(24-23-19)17-12-25(13-17)21(27)10-15-6-4-3-5-7-15/h3-9,11,14,17H,2,10,12-13H2,1H3. The van der Waals surface area contributed by atoms with Crippen molar-refractivity contribution in [1.29, 1.82) is 0 Å². The maximum absolute atomic E-state index is 14.1. The second-order valence-corrected chi connectivity index (χ2v) is 6.78. The highest BCUT2D eigenvalue weighted by Crippen LogP contribution is 2.27. The number of hydrogen-bond acceptors (Lipinski definition) is 4. The number of nitrogens with zero attached hydrogens (tertiary/aromatic N) is 4. The molecule has 1 fully saturated rings. The predicted molar refractivity (Wildman–Crippen MR) is 102 cm³/mol. The van der Waals surface area contributed by atoms with Crippen molar-refractivity contribution in [3.8, 4) is 17.0 Å². The molecule has 1 aliphatic heterocycles. The number of carbonyl (C=O) groups is 1. The molecule has 1 saturated heterocycles. The SMILES string of the molecule is CCOc1ccc(-c2cn(C3CN(C(=O)Cc4ccccc4)C3)nn2)cc1F. The Morgan fingerprint density at radius 3 is 2.71 bits per heavy atom. The fourth-order valence-electron chi connectivity index (χ4n) is 3.23. The largest absolute Gasteiger partial charge is 0.491 e. The Balaban J connectivity index is 1.37. The maximum Gasteiger partial charge on any atom is 0.227 e. The molecule has 3 aromatic rings. The second-order valence-electron chi connectivity index (χ2n) is 6.78. The predicted octanol–water partition coefficient (Wildman–Crippen LogP) is 3.11. The van der Waals surface area contributed by atoms with Gasteiger partial charge < -0.3 is 9.64 Å². The van der Waals surface area contributed by atoms with E-state index in [1.54, 1.807) is 23.0 Å². The summed E-state index contributed by atoms with van der Waals surface area (Å²) in [5, 5.41) is 8.30. The van der Waals surface area contributed by atoms with Crippen LogP contribution in [0.25, 0.3) is 11.3 Å². The zero-order chi connectivity index (χ0) is 19.5. The molecule has 0 bridgehead atoms. The van der Waals surface area contributed by atoms with Gasteiger partial charge in [0.05, 0.1) is 25.3 Å². The van der Waals surface area contributed by atoms with Gasteiger partial charge >= 0.3 is 0 Å². The Hall–Kier alpha value is -3.22. The van der Waals surface area contributed by atoms with Gasteiger partial charge in [-0.1, -0.05) is 35.5 Å². The quantitative estimate of drug-likeness (QED) is 0.659. The van der Waals surface area contributed by atoms with E-state index in [0.29, 0.717) is 37.4 Å². The molecule has 0 radical (unpaired) electrons. The van der Waals surface area contributed by atoms with E-state index < -0.39 is 5.82 Å². The average molecular weight is 380 g/mol. The lowest BCUT2D eigenvalue weighted by Gasteiger charge is -2.39. The first-order valence-electron chi connectivity index (χ1n) is 9.30. The number of likely N-dealkylation sites (tertiary alicyclic amines) is 1. The first-order chi connectivity index (χ1) is 13.6. The normalized spacial score (nSPS) is 14.0. The molecule has 1 aliphatic rings. The molecule has 0 N–H and O–H groups in total. The van der Waals surface area contributed by atoms with Crippen LogP contribution in [0, 0.1) is 5.82 Å². The molecule has 0 saturated carbocycles. The monoisotopic (exact) mass is 380 g/mol. The number of amides is 1. The van der Waals surface area contributed by atoms with Crippen molar-refractivity contribution in [3.05, 3.63) is 66.1 Å². The summed E-state index contributed by atoms with van der Waals surface area (Å²) in [7, 11) is 0.